The highest BCUT2D eigenvalue weighted by atomic mass is 19.4. The average Bonchev–Trinajstić information content (AvgIpc) is 2.82. The number of carboxylic acids is 1. The first-order chi connectivity index (χ1) is 9.67. The van der Waals surface area contributed by atoms with Crippen molar-refractivity contribution < 1.29 is 27.9 Å². The number of carbonyl (C=O) groups is 2. The van der Waals surface area contributed by atoms with Crippen LogP contribution < -0.4 is 5.32 Å². The Morgan fingerprint density at radius 2 is 1.86 bits per heavy atom. The van der Waals surface area contributed by atoms with Crippen LogP contribution in [0.5, 0.6) is 0 Å². The van der Waals surface area contributed by atoms with Gasteiger partial charge in [-0.15, -0.1) is 0 Å². The number of hydrogen-bond donors (Lipinski definition) is 2. The molecule has 0 aromatic rings. The number of urea groups is 1. The third kappa shape index (κ3) is 5.81. The summed E-state index contributed by atoms with van der Waals surface area (Å²) in [5.74, 6) is -1.47. The van der Waals surface area contributed by atoms with Crippen LogP contribution >= 0.6 is 0 Å². The third-order valence-electron chi connectivity index (χ3n) is 4.01. The molecule has 1 aliphatic rings. The molecule has 21 heavy (non-hydrogen) atoms. The maximum Gasteiger partial charge on any atom is 0.406 e. The zero-order valence-corrected chi connectivity index (χ0v) is 12.0. The molecule has 0 radical (unpaired) electrons. The summed E-state index contributed by atoms with van der Waals surface area (Å²) in [6.07, 6.45) is 0.175. The van der Waals surface area contributed by atoms with Crippen molar-refractivity contribution in [1.82, 2.24) is 10.2 Å². The zero-order valence-electron chi connectivity index (χ0n) is 12.0. The fraction of sp³-hybridized carbons (Fsp3) is 0.846. The second kappa shape index (κ2) is 7.00. The summed E-state index contributed by atoms with van der Waals surface area (Å²) < 4.78 is 37.2. The lowest BCUT2D eigenvalue weighted by Crippen LogP contribution is -2.49. The molecular formula is C13H21F3N2O3. The van der Waals surface area contributed by atoms with Crippen LogP contribution in [-0.4, -0.2) is 47.8 Å². The number of hydrogen-bond acceptors (Lipinski definition) is 2. The van der Waals surface area contributed by atoms with Gasteiger partial charge in [-0.2, -0.15) is 13.2 Å². The average molecular weight is 310 g/mol. The van der Waals surface area contributed by atoms with Crippen LogP contribution in [0.25, 0.3) is 0 Å². The van der Waals surface area contributed by atoms with E-state index in [-0.39, 0.29) is 16.9 Å². The van der Waals surface area contributed by atoms with Crippen molar-refractivity contribution in [3.05, 3.63) is 0 Å². The third-order valence-corrected chi connectivity index (χ3v) is 4.01. The molecule has 2 amide bonds. The summed E-state index contributed by atoms with van der Waals surface area (Å²) in [6.45, 7) is -0.257. The second-order valence-electron chi connectivity index (χ2n) is 5.58. The minimum absolute atomic E-state index is 0.0667. The molecule has 0 atom stereocenters. The zero-order chi connectivity index (χ0) is 16.1. The van der Waals surface area contributed by atoms with E-state index >= 15 is 0 Å². The quantitative estimate of drug-likeness (QED) is 0.792. The molecule has 1 aliphatic carbocycles. The van der Waals surface area contributed by atoms with E-state index in [2.05, 4.69) is 5.32 Å². The summed E-state index contributed by atoms with van der Waals surface area (Å²) in [7, 11) is 0. The van der Waals surface area contributed by atoms with Gasteiger partial charge in [-0.25, -0.2) is 4.79 Å². The van der Waals surface area contributed by atoms with E-state index in [9.17, 15) is 22.8 Å². The first kappa shape index (κ1) is 17.6. The Balaban J connectivity index is 2.61. The Morgan fingerprint density at radius 3 is 2.29 bits per heavy atom. The van der Waals surface area contributed by atoms with Crippen LogP contribution in [0.2, 0.25) is 0 Å². The Bertz CT molecular complexity index is 379. The summed E-state index contributed by atoms with van der Waals surface area (Å²) in [5, 5.41) is 11.1. The first-order valence-electron chi connectivity index (χ1n) is 6.99. The van der Waals surface area contributed by atoms with E-state index in [1.54, 1.807) is 0 Å². The van der Waals surface area contributed by atoms with Gasteiger partial charge in [0.05, 0.1) is 0 Å². The number of halogens is 3. The van der Waals surface area contributed by atoms with E-state index in [0.717, 1.165) is 32.1 Å². The highest BCUT2D eigenvalue weighted by molar-refractivity contribution is 5.80. The van der Waals surface area contributed by atoms with E-state index in [1.807, 2.05) is 6.92 Å². The molecule has 0 aliphatic heterocycles. The number of nitrogens with zero attached hydrogens (tertiary/aromatic N) is 1. The molecule has 0 saturated heterocycles. The monoisotopic (exact) mass is 310 g/mol. The minimum atomic E-state index is -4.62. The lowest BCUT2D eigenvalue weighted by Gasteiger charge is -2.30. The standard InChI is InChI=1S/C13H21F3N2O3/c1-2-12(5-3-4-6-12)8-17-11(21)18(7-10(19)20)9-13(14,15)16/h2-9H2,1H3,(H,17,21)(H,19,20). The molecule has 0 aromatic heterocycles. The summed E-state index contributed by atoms with van der Waals surface area (Å²) >= 11 is 0. The highest BCUT2D eigenvalue weighted by Gasteiger charge is 2.36. The molecule has 8 heteroatoms. The van der Waals surface area contributed by atoms with E-state index in [0.29, 0.717) is 0 Å². The molecule has 1 fully saturated rings. The van der Waals surface area contributed by atoms with Crippen LogP contribution in [-0.2, 0) is 4.79 Å². The van der Waals surface area contributed by atoms with Crippen molar-refractivity contribution in [2.75, 3.05) is 19.6 Å². The van der Waals surface area contributed by atoms with Crippen molar-refractivity contribution in [2.24, 2.45) is 5.41 Å². The molecule has 0 unspecified atom stereocenters. The van der Waals surface area contributed by atoms with Gasteiger partial charge in [0.1, 0.15) is 13.1 Å². The van der Waals surface area contributed by atoms with Crippen molar-refractivity contribution in [2.45, 2.75) is 45.2 Å². The van der Waals surface area contributed by atoms with Crippen LogP contribution in [0.4, 0.5) is 18.0 Å². The summed E-state index contributed by atoms with van der Waals surface area (Å²) in [4.78, 5) is 22.7. The molecule has 2 N–H and O–H groups in total. The van der Waals surface area contributed by atoms with Gasteiger partial charge in [0, 0.05) is 6.54 Å². The fourth-order valence-electron chi connectivity index (χ4n) is 2.73. The van der Waals surface area contributed by atoms with Gasteiger partial charge in [-0.3, -0.25) is 4.79 Å². The summed E-state index contributed by atoms with van der Waals surface area (Å²) in [5.41, 5.74) is -0.0667. The smallest absolute Gasteiger partial charge is 0.406 e. The van der Waals surface area contributed by atoms with E-state index in [1.165, 1.54) is 0 Å². The number of alkyl halides is 3. The van der Waals surface area contributed by atoms with Gasteiger partial charge in [-0.05, 0) is 24.7 Å². The van der Waals surface area contributed by atoms with Gasteiger partial charge in [0.2, 0.25) is 0 Å². The Labute approximate surface area is 121 Å². The van der Waals surface area contributed by atoms with E-state index < -0.39 is 31.3 Å². The Morgan fingerprint density at radius 1 is 1.29 bits per heavy atom. The van der Waals surface area contributed by atoms with Crippen molar-refractivity contribution in [1.29, 1.82) is 0 Å². The predicted octanol–water partition coefficient (Wildman–Crippen LogP) is 2.62. The normalized spacial score (nSPS) is 17.5. The van der Waals surface area contributed by atoms with Gasteiger partial charge >= 0.3 is 18.2 Å². The van der Waals surface area contributed by atoms with Crippen LogP contribution in [0.1, 0.15) is 39.0 Å². The van der Waals surface area contributed by atoms with Crippen LogP contribution in [0.15, 0.2) is 0 Å². The molecule has 1 saturated carbocycles. The summed E-state index contributed by atoms with van der Waals surface area (Å²) in [6, 6.07) is -0.977. The molecule has 0 spiro atoms. The van der Waals surface area contributed by atoms with Crippen molar-refractivity contribution >= 4 is 12.0 Å². The number of nitrogens with one attached hydrogen (secondary N) is 1. The number of carboxylic acid groups (broad SMARTS) is 1. The number of aliphatic carboxylic acids is 1. The SMILES string of the molecule is CCC1(CNC(=O)N(CC(=O)O)CC(F)(F)F)CCCC1. The maximum absolute atomic E-state index is 12.4. The Kier molecular flexibility index (Phi) is 5.86. The Hall–Kier alpha value is -1.47. The molecule has 0 aromatic carbocycles. The molecule has 5 nitrogen and oxygen atoms in total. The van der Waals surface area contributed by atoms with Gasteiger partial charge in [-0.1, -0.05) is 19.8 Å². The molecule has 0 bridgehead atoms. The first-order valence-corrected chi connectivity index (χ1v) is 6.99. The molecule has 0 heterocycles. The fourth-order valence-corrected chi connectivity index (χ4v) is 2.73. The van der Waals surface area contributed by atoms with Crippen LogP contribution in [0.3, 0.4) is 0 Å². The predicted molar refractivity (Wildman–Crippen MR) is 69.9 cm³/mol. The molecular weight excluding hydrogens is 289 g/mol. The van der Waals surface area contributed by atoms with Gasteiger partial charge in [0.25, 0.3) is 0 Å². The minimum Gasteiger partial charge on any atom is -0.480 e. The number of carbonyl (C=O) groups excluding carboxylic acids is 1. The maximum atomic E-state index is 12.4. The molecule has 1 rings (SSSR count). The highest BCUT2D eigenvalue weighted by Crippen LogP contribution is 2.40. The van der Waals surface area contributed by atoms with E-state index in [4.69, 9.17) is 5.11 Å². The number of amides is 2. The number of rotatable bonds is 6. The second-order valence-corrected chi connectivity index (χ2v) is 5.58. The van der Waals surface area contributed by atoms with Gasteiger partial charge < -0.3 is 15.3 Å². The largest absolute Gasteiger partial charge is 0.480 e. The lowest BCUT2D eigenvalue weighted by atomic mass is 9.83. The van der Waals surface area contributed by atoms with Crippen molar-refractivity contribution in [3.63, 3.8) is 0 Å². The molecule has 122 valence electrons. The lowest BCUT2D eigenvalue weighted by molar-refractivity contribution is -0.149. The van der Waals surface area contributed by atoms with Gasteiger partial charge in [0.15, 0.2) is 0 Å². The van der Waals surface area contributed by atoms with Crippen molar-refractivity contribution in [3.8, 4) is 0 Å². The van der Waals surface area contributed by atoms with Crippen LogP contribution in [0, 0.1) is 5.41 Å². The topological polar surface area (TPSA) is 69.6 Å².